The number of para-hydroxylation sites is 1. The van der Waals surface area contributed by atoms with E-state index in [-0.39, 0.29) is 11.8 Å². The molecule has 1 aromatic carbocycles. The average molecular weight is 377 g/mol. The number of pyridine rings is 1. The molecule has 0 saturated heterocycles. The summed E-state index contributed by atoms with van der Waals surface area (Å²) in [5.74, 6) is -0.835. The van der Waals surface area contributed by atoms with Crippen LogP contribution in [0, 0.1) is 5.82 Å². The van der Waals surface area contributed by atoms with Crippen LogP contribution in [0.2, 0.25) is 0 Å². The van der Waals surface area contributed by atoms with Crippen LogP contribution in [-0.2, 0) is 6.18 Å². The molecule has 9 heteroatoms. The summed E-state index contributed by atoms with van der Waals surface area (Å²) in [6.07, 6.45) is -3.15. The van der Waals surface area contributed by atoms with E-state index in [1.54, 1.807) is 24.4 Å². The van der Waals surface area contributed by atoms with E-state index in [2.05, 4.69) is 25.6 Å². The zero-order valence-corrected chi connectivity index (χ0v) is 14.2. The van der Waals surface area contributed by atoms with Crippen molar-refractivity contribution in [1.29, 1.82) is 0 Å². The number of alkyl halides is 3. The molecule has 3 aromatic rings. The second-order valence-electron chi connectivity index (χ2n) is 5.49. The molecule has 0 fully saturated rings. The lowest BCUT2D eigenvalue weighted by atomic mass is 10.1. The molecule has 2 N–H and O–H groups in total. The van der Waals surface area contributed by atoms with Gasteiger partial charge in [-0.2, -0.15) is 18.2 Å². The van der Waals surface area contributed by atoms with Crippen molar-refractivity contribution in [2.75, 3.05) is 17.2 Å². The molecule has 2 heterocycles. The Morgan fingerprint density at radius 3 is 2.48 bits per heavy atom. The Hall–Kier alpha value is -3.23. The molecule has 0 spiro atoms. The van der Waals surface area contributed by atoms with Crippen LogP contribution >= 0.6 is 0 Å². The third-order valence-electron chi connectivity index (χ3n) is 3.56. The fourth-order valence-corrected chi connectivity index (χ4v) is 2.41. The van der Waals surface area contributed by atoms with Gasteiger partial charge in [-0.3, -0.25) is 4.98 Å². The Morgan fingerprint density at radius 1 is 1.00 bits per heavy atom. The summed E-state index contributed by atoms with van der Waals surface area (Å²) < 4.78 is 53.7. The Balaban J connectivity index is 2.07. The molecule has 140 valence electrons. The number of nitrogens with zero attached hydrogens (tertiary/aromatic N) is 3. The Labute approximate surface area is 152 Å². The van der Waals surface area contributed by atoms with Crippen LogP contribution in [0.25, 0.3) is 11.4 Å². The molecule has 0 aliphatic rings. The van der Waals surface area contributed by atoms with Crippen LogP contribution in [0.3, 0.4) is 0 Å². The van der Waals surface area contributed by atoms with Crippen molar-refractivity contribution < 1.29 is 17.6 Å². The maximum atomic E-state index is 14.1. The van der Waals surface area contributed by atoms with Crippen LogP contribution in [0.5, 0.6) is 0 Å². The predicted molar refractivity (Wildman–Crippen MR) is 94.1 cm³/mol. The maximum absolute atomic E-state index is 14.1. The van der Waals surface area contributed by atoms with E-state index in [1.807, 2.05) is 6.92 Å². The zero-order chi connectivity index (χ0) is 19.4. The number of anilines is 3. The molecule has 0 unspecified atom stereocenters. The summed E-state index contributed by atoms with van der Waals surface area (Å²) in [4.78, 5) is 12.6. The first-order chi connectivity index (χ1) is 12.9. The highest BCUT2D eigenvalue weighted by atomic mass is 19.4. The van der Waals surface area contributed by atoms with Crippen molar-refractivity contribution >= 4 is 17.5 Å². The van der Waals surface area contributed by atoms with Crippen molar-refractivity contribution in [1.82, 2.24) is 15.0 Å². The molecule has 0 atom stereocenters. The third kappa shape index (κ3) is 4.30. The second kappa shape index (κ2) is 7.56. The normalized spacial score (nSPS) is 11.3. The standard InChI is InChI=1S/C18H15F4N5/c1-2-23-17-25-14(13-8-3-4-9-24-13)10-15(27-17)26-16-11(18(20,21)22)6-5-7-12(16)19/h3-10H,2H2,1H3,(H2,23,25,26,27). The molecular formula is C18H15F4N5. The van der Waals surface area contributed by atoms with Gasteiger partial charge in [-0.15, -0.1) is 0 Å². The van der Waals surface area contributed by atoms with E-state index in [4.69, 9.17) is 0 Å². The van der Waals surface area contributed by atoms with Gasteiger partial charge < -0.3 is 10.6 Å². The molecular weight excluding hydrogens is 362 g/mol. The van der Waals surface area contributed by atoms with Crippen LogP contribution < -0.4 is 10.6 Å². The summed E-state index contributed by atoms with van der Waals surface area (Å²) in [6.45, 7) is 2.32. The number of aromatic nitrogens is 3. The molecule has 27 heavy (non-hydrogen) atoms. The quantitative estimate of drug-likeness (QED) is 0.621. The number of rotatable bonds is 5. The zero-order valence-electron chi connectivity index (χ0n) is 14.2. The number of hydrogen-bond acceptors (Lipinski definition) is 5. The highest BCUT2D eigenvalue weighted by Gasteiger charge is 2.35. The highest BCUT2D eigenvalue weighted by Crippen LogP contribution is 2.37. The Morgan fingerprint density at radius 2 is 1.81 bits per heavy atom. The van der Waals surface area contributed by atoms with Gasteiger partial charge in [-0.05, 0) is 31.2 Å². The number of halogens is 4. The summed E-state index contributed by atoms with van der Waals surface area (Å²) in [5, 5.41) is 5.34. The molecule has 0 amide bonds. The lowest BCUT2D eigenvalue weighted by Crippen LogP contribution is -2.12. The first-order valence-corrected chi connectivity index (χ1v) is 8.05. The minimum absolute atomic E-state index is 0.0113. The van der Waals surface area contributed by atoms with Crippen LogP contribution in [0.1, 0.15) is 12.5 Å². The van der Waals surface area contributed by atoms with Crippen molar-refractivity contribution in [3.8, 4) is 11.4 Å². The summed E-state index contributed by atoms with van der Waals surface area (Å²) >= 11 is 0. The largest absolute Gasteiger partial charge is 0.418 e. The fourth-order valence-electron chi connectivity index (χ4n) is 2.41. The first kappa shape index (κ1) is 18.6. The van der Waals surface area contributed by atoms with Crippen molar-refractivity contribution in [3.63, 3.8) is 0 Å². The molecule has 5 nitrogen and oxygen atoms in total. The van der Waals surface area contributed by atoms with Crippen molar-refractivity contribution in [2.24, 2.45) is 0 Å². The van der Waals surface area contributed by atoms with Gasteiger partial charge in [0.05, 0.1) is 22.6 Å². The van der Waals surface area contributed by atoms with E-state index < -0.39 is 23.2 Å². The van der Waals surface area contributed by atoms with Gasteiger partial charge in [-0.25, -0.2) is 9.37 Å². The lowest BCUT2D eigenvalue weighted by Gasteiger charge is -2.16. The van der Waals surface area contributed by atoms with Gasteiger partial charge in [0.15, 0.2) is 0 Å². The third-order valence-corrected chi connectivity index (χ3v) is 3.56. The van der Waals surface area contributed by atoms with E-state index in [0.717, 1.165) is 18.2 Å². The monoisotopic (exact) mass is 377 g/mol. The smallest absolute Gasteiger partial charge is 0.354 e. The van der Waals surface area contributed by atoms with E-state index in [9.17, 15) is 17.6 Å². The topological polar surface area (TPSA) is 62.7 Å². The van der Waals surface area contributed by atoms with E-state index >= 15 is 0 Å². The minimum Gasteiger partial charge on any atom is -0.354 e. The van der Waals surface area contributed by atoms with Crippen LogP contribution in [-0.4, -0.2) is 21.5 Å². The minimum atomic E-state index is -4.72. The lowest BCUT2D eigenvalue weighted by molar-refractivity contribution is -0.137. The Kier molecular flexibility index (Phi) is 5.20. The summed E-state index contributed by atoms with van der Waals surface area (Å²) in [7, 11) is 0. The molecule has 2 aromatic heterocycles. The van der Waals surface area contributed by atoms with Gasteiger partial charge >= 0.3 is 6.18 Å². The summed E-state index contributed by atoms with van der Waals surface area (Å²) in [6, 6.07) is 9.35. The number of nitrogens with one attached hydrogen (secondary N) is 2. The molecule has 0 bridgehead atoms. The second-order valence-corrected chi connectivity index (χ2v) is 5.49. The van der Waals surface area contributed by atoms with Gasteiger partial charge in [0, 0.05) is 18.8 Å². The molecule has 0 aliphatic heterocycles. The number of hydrogen-bond donors (Lipinski definition) is 2. The van der Waals surface area contributed by atoms with E-state index in [0.29, 0.717) is 17.9 Å². The van der Waals surface area contributed by atoms with E-state index in [1.165, 1.54) is 6.07 Å². The van der Waals surface area contributed by atoms with Crippen LogP contribution in [0.15, 0.2) is 48.7 Å². The maximum Gasteiger partial charge on any atom is 0.418 e. The number of benzene rings is 1. The SMILES string of the molecule is CCNc1nc(Nc2c(F)cccc2C(F)(F)F)cc(-c2ccccn2)n1. The van der Waals surface area contributed by atoms with Gasteiger partial charge in [0.25, 0.3) is 0 Å². The van der Waals surface area contributed by atoms with Gasteiger partial charge in [0.1, 0.15) is 11.6 Å². The molecule has 0 saturated carbocycles. The van der Waals surface area contributed by atoms with Crippen LogP contribution in [0.4, 0.5) is 35.0 Å². The fraction of sp³-hybridized carbons (Fsp3) is 0.167. The molecule has 0 radical (unpaired) electrons. The average Bonchev–Trinajstić information content (AvgIpc) is 2.63. The van der Waals surface area contributed by atoms with Gasteiger partial charge in [-0.1, -0.05) is 12.1 Å². The predicted octanol–water partition coefficient (Wildman–Crippen LogP) is 4.87. The highest BCUT2D eigenvalue weighted by molar-refractivity contribution is 5.67. The van der Waals surface area contributed by atoms with Crippen molar-refractivity contribution in [3.05, 3.63) is 60.0 Å². The van der Waals surface area contributed by atoms with Crippen molar-refractivity contribution in [2.45, 2.75) is 13.1 Å². The molecule has 0 aliphatic carbocycles. The summed E-state index contributed by atoms with van der Waals surface area (Å²) in [5.41, 5.74) is -0.927. The first-order valence-electron chi connectivity index (χ1n) is 8.05. The molecule has 3 rings (SSSR count). The Bertz CT molecular complexity index is 929. The van der Waals surface area contributed by atoms with Gasteiger partial charge in [0.2, 0.25) is 5.95 Å².